The van der Waals surface area contributed by atoms with Gasteiger partial charge in [0.1, 0.15) is 6.04 Å². The normalized spacial score (nSPS) is 21.6. The fourth-order valence-corrected chi connectivity index (χ4v) is 8.77. The molecule has 1 unspecified atom stereocenters. The molecular formula is C28H35N9O3S2. The van der Waals surface area contributed by atoms with Crippen LogP contribution in [0.25, 0.3) is 0 Å². The molecule has 5 rings (SSSR count). The Labute approximate surface area is 252 Å². The predicted octanol–water partition coefficient (Wildman–Crippen LogP) is 2.39. The monoisotopic (exact) mass is 609 g/mol. The van der Waals surface area contributed by atoms with Gasteiger partial charge in [-0.25, -0.2) is 0 Å². The van der Waals surface area contributed by atoms with Gasteiger partial charge in [0.05, 0.1) is 27.8 Å². The maximum atomic E-state index is 13.1. The van der Waals surface area contributed by atoms with E-state index in [0.717, 1.165) is 33.7 Å². The van der Waals surface area contributed by atoms with E-state index in [0.29, 0.717) is 41.5 Å². The second-order valence-electron chi connectivity index (χ2n) is 11.4. The first-order chi connectivity index (χ1) is 20.0. The number of likely N-dealkylation sites (tertiary alicyclic amines) is 1. The van der Waals surface area contributed by atoms with Gasteiger partial charge in [0.25, 0.3) is 11.8 Å². The SMILES string of the molecule is CN(C)C(=O)c1cc2c(s1)CCc1sc(C(=O)N(C)C)cc1C2(CCNCC(=O)N1C(C#N)C[C@@H]2C[C@@H]21)C(=N)N=NN. The summed E-state index contributed by atoms with van der Waals surface area (Å²) in [5.41, 5.74) is 0.384. The number of carbonyl (C=O) groups is 3. The highest BCUT2D eigenvalue weighted by Crippen LogP contribution is 2.49. The first-order valence-corrected chi connectivity index (χ1v) is 15.5. The maximum Gasteiger partial charge on any atom is 0.263 e. The Morgan fingerprint density at radius 1 is 1.10 bits per heavy atom. The number of aryl methyl sites for hydroxylation is 2. The summed E-state index contributed by atoms with van der Waals surface area (Å²) in [5.74, 6) is 5.43. The first kappa shape index (κ1) is 29.8. The van der Waals surface area contributed by atoms with Crippen molar-refractivity contribution < 1.29 is 14.4 Å². The molecule has 0 aromatic carbocycles. The average molecular weight is 610 g/mol. The van der Waals surface area contributed by atoms with Crippen molar-refractivity contribution in [2.24, 2.45) is 22.1 Å². The molecule has 222 valence electrons. The lowest BCUT2D eigenvalue weighted by atomic mass is 9.71. The number of nitrogens with two attached hydrogens (primary N) is 1. The van der Waals surface area contributed by atoms with Gasteiger partial charge in [-0.15, -0.1) is 27.8 Å². The standard InChI is InChI=1S/C28H35N9O3S2/c1-35(2)25(39)22-11-17-20(41-22)5-6-21-18(12-23(42-21)26(40)36(3)4)28(17,27(30)33-34-31)7-8-32-14-24(38)37-16(13-29)9-15-10-19(15)37/h11-12,15-16,19,32H,5-10,14H2,1-4H3,(H3,30,31,33)/t15-,16?,19+/m1/s1. The molecule has 1 saturated heterocycles. The number of amidine groups is 1. The van der Waals surface area contributed by atoms with Crippen LogP contribution in [0.2, 0.25) is 0 Å². The summed E-state index contributed by atoms with van der Waals surface area (Å²) in [5, 5.41) is 29.4. The Balaban J connectivity index is 1.52. The topological polar surface area (TPSA) is 171 Å². The van der Waals surface area contributed by atoms with Crippen molar-refractivity contribution in [2.75, 3.05) is 41.3 Å². The van der Waals surface area contributed by atoms with E-state index in [2.05, 4.69) is 21.7 Å². The molecule has 2 aromatic heterocycles. The van der Waals surface area contributed by atoms with Crippen LogP contribution in [0.3, 0.4) is 0 Å². The molecule has 3 amide bonds. The minimum absolute atomic E-state index is 0.0605. The first-order valence-electron chi connectivity index (χ1n) is 13.8. The highest BCUT2D eigenvalue weighted by atomic mass is 32.1. The predicted molar refractivity (Wildman–Crippen MR) is 160 cm³/mol. The van der Waals surface area contributed by atoms with Gasteiger partial charge in [-0.2, -0.15) is 5.26 Å². The van der Waals surface area contributed by atoms with Gasteiger partial charge in [-0.05, 0) is 67.8 Å². The number of hydrogen-bond acceptors (Lipinski definition) is 9. The van der Waals surface area contributed by atoms with Gasteiger partial charge < -0.3 is 25.9 Å². The largest absolute Gasteiger partial charge is 0.344 e. The van der Waals surface area contributed by atoms with Crippen molar-refractivity contribution in [3.8, 4) is 6.07 Å². The van der Waals surface area contributed by atoms with Crippen molar-refractivity contribution in [2.45, 2.75) is 49.6 Å². The number of piperidine rings is 1. The maximum absolute atomic E-state index is 13.1. The summed E-state index contributed by atoms with van der Waals surface area (Å²) in [7, 11) is 6.79. The van der Waals surface area contributed by atoms with E-state index in [1.165, 1.54) is 32.5 Å². The Morgan fingerprint density at radius 2 is 1.67 bits per heavy atom. The summed E-state index contributed by atoms with van der Waals surface area (Å²) >= 11 is 2.81. The van der Waals surface area contributed by atoms with Gasteiger partial charge in [-0.3, -0.25) is 19.8 Å². The molecule has 3 atom stereocenters. The third-order valence-electron chi connectivity index (χ3n) is 8.41. The Morgan fingerprint density at radius 3 is 2.17 bits per heavy atom. The van der Waals surface area contributed by atoms with E-state index >= 15 is 0 Å². The zero-order chi connectivity index (χ0) is 30.3. The number of nitrogens with one attached hydrogen (secondary N) is 2. The van der Waals surface area contributed by atoms with E-state index in [1.54, 1.807) is 33.1 Å². The van der Waals surface area contributed by atoms with Crippen LogP contribution in [-0.2, 0) is 23.1 Å². The van der Waals surface area contributed by atoms with Gasteiger partial charge in [0.15, 0.2) is 5.84 Å². The Kier molecular flexibility index (Phi) is 8.19. The molecule has 2 aliphatic carbocycles. The van der Waals surface area contributed by atoms with Crippen molar-refractivity contribution in [3.63, 3.8) is 0 Å². The van der Waals surface area contributed by atoms with Crippen molar-refractivity contribution in [1.82, 2.24) is 20.0 Å². The van der Waals surface area contributed by atoms with Crippen LogP contribution >= 0.6 is 22.7 Å². The molecular weight excluding hydrogens is 575 g/mol. The van der Waals surface area contributed by atoms with E-state index < -0.39 is 5.41 Å². The van der Waals surface area contributed by atoms with Crippen molar-refractivity contribution >= 4 is 46.2 Å². The summed E-state index contributed by atoms with van der Waals surface area (Å²) in [6, 6.07) is 5.71. The van der Waals surface area contributed by atoms with E-state index in [9.17, 15) is 25.1 Å². The second-order valence-corrected chi connectivity index (χ2v) is 13.7. The Bertz CT molecular complexity index is 1440. The molecule has 14 heteroatoms. The van der Waals surface area contributed by atoms with Gasteiger partial charge in [-0.1, -0.05) is 5.22 Å². The zero-order valence-electron chi connectivity index (χ0n) is 24.1. The zero-order valence-corrected chi connectivity index (χ0v) is 25.8. The number of carbonyl (C=O) groups excluding carboxylic acids is 3. The third-order valence-corrected chi connectivity index (χ3v) is 10.8. The van der Waals surface area contributed by atoms with Crippen LogP contribution in [0, 0.1) is 22.7 Å². The van der Waals surface area contributed by atoms with Gasteiger partial charge >= 0.3 is 0 Å². The summed E-state index contributed by atoms with van der Waals surface area (Å²) in [6.45, 7) is 0.386. The van der Waals surface area contributed by atoms with E-state index in [-0.39, 0.29) is 42.2 Å². The molecule has 42 heavy (non-hydrogen) atoms. The summed E-state index contributed by atoms with van der Waals surface area (Å²) in [4.78, 5) is 46.9. The van der Waals surface area contributed by atoms with E-state index in [4.69, 9.17) is 5.84 Å². The highest BCUT2D eigenvalue weighted by molar-refractivity contribution is 7.15. The van der Waals surface area contributed by atoms with Crippen LogP contribution in [0.5, 0.6) is 0 Å². The molecule has 1 saturated carbocycles. The van der Waals surface area contributed by atoms with Crippen LogP contribution in [-0.4, -0.2) is 91.6 Å². The quantitative estimate of drug-likeness (QED) is 0.104. The average Bonchev–Trinajstić information content (AvgIpc) is 3.27. The molecule has 2 aromatic rings. The molecule has 0 spiro atoms. The smallest absolute Gasteiger partial charge is 0.263 e. The number of rotatable bonds is 8. The third kappa shape index (κ3) is 5.10. The minimum atomic E-state index is -1.16. The molecule has 4 N–H and O–H groups in total. The van der Waals surface area contributed by atoms with Crippen LogP contribution in [0.4, 0.5) is 0 Å². The number of nitriles is 1. The number of hydrogen-bond donors (Lipinski definition) is 3. The molecule has 0 radical (unpaired) electrons. The molecule has 12 nitrogen and oxygen atoms in total. The lowest BCUT2D eigenvalue weighted by Crippen LogP contribution is -2.44. The second kappa shape index (κ2) is 11.5. The number of fused-ring (bicyclic) bond motifs is 3. The van der Waals surface area contributed by atoms with Crippen LogP contribution < -0.4 is 11.2 Å². The number of thiophene rings is 2. The van der Waals surface area contributed by atoms with Gasteiger partial charge in [0, 0.05) is 44.0 Å². The molecule has 1 aliphatic heterocycles. The van der Waals surface area contributed by atoms with Crippen LogP contribution in [0.15, 0.2) is 22.5 Å². The molecule has 2 fully saturated rings. The van der Waals surface area contributed by atoms with Gasteiger partial charge in [0.2, 0.25) is 5.91 Å². The molecule has 3 aliphatic rings. The van der Waals surface area contributed by atoms with E-state index in [1.807, 2.05) is 12.1 Å². The number of amides is 3. The fourth-order valence-electron chi connectivity index (χ4n) is 6.25. The minimum Gasteiger partial charge on any atom is -0.344 e. The molecule has 0 bridgehead atoms. The highest BCUT2D eigenvalue weighted by Gasteiger charge is 2.54. The summed E-state index contributed by atoms with van der Waals surface area (Å²) in [6.07, 6.45) is 3.28. The lowest BCUT2D eigenvalue weighted by Gasteiger charge is -2.33. The van der Waals surface area contributed by atoms with Crippen molar-refractivity contribution in [1.29, 1.82) is 10.7 Å². The molecule has 3 heterocycles. The van der Waals surface area contributed by atoms with Crippen molar-refractivity contribution in [3.05, 3.63) is 42.8 Å². The lowest BCUT2D eigenvalue weighted by molar-refractivity contribution is -0.131. The Hall–Kier alpha value is -3.67. The fraction of sp³-hybridized carbons (Fsp3) is 0.536. The van der Waals surface area contributed by atoms with Crippen LogP contribution in [0.1, 0.15) is 59.5 Å². The number of nitrogens with zero attached hydrogens (tertiary/aromatic N) is 6. The summed E-state index contributed by atoms with van der Waals surface area (Å²) < 4.78 is 0.